The highest BCUT2D eigenvalue weighted by Crippen LogP contribution is 2.56. The van der Waals surface area contributed by atoms with Crippen LogP contribution in [0.3, 0.4) is 0 Å². The Morgan fingerprint density at radius 1 is 0.319 bits per heavy atom. The quantitative estimate of drug-likeness (QED) is 0.134. The predicted octanol–water partition coefficient (Wildman–Crippen LogP) is 21.6. The van der Waals surface area contributed by atoms with E-state index in [1.807, 2.05) is 0 Å². The van der Waals surface area contributed by atoms with Gasteiger partial charge in [-0.25, -0.2) is 0 Å². The van der Waals surface area contributed by atoms with Gasteiger partial charge >= 0.3 is 0 Å². The van der Waals surface area contributed by atoms with Gasteiger partial charge in [0.25, 0.3) is 6.71 Å². The Hall–Kier alpha value is -10.1. The molecule has 12 aromatic carbocycles. The van der Waals surface area contributed by atoms with Gasteiger partial charge in [0.05, 0.1) is 28.1 Å². The minimum atomic E-state index is -0.169. The molecule has 456 valence electrons. The summed E-state index contributed by atoms with van der Waals surface area (Å²) in [7, 11) is 0. The van der Waals surface area contributed by atoms with Gasteiger partial charge in [-0.1, -0.05) is 260 Å². The van der Waals surface area contributed by atoms with Gasteiger partial charge in [0, 0.05) is 73.5 Å². The maximum atomic E-state index is 2.91. The average Bonchev–Trinajstić information content (AvgIpc) is 0.784. The lowest BCUT2D eigenvalue weighted by molar-refractivity contribution is 0.0900. The first-order chi connectivity index (χ1) is 45.9. The minimum Gasteiger partial charge on any atom is -0.365 e. The van der Waals surface area contributed by atoms with Gasteiger partial charge in [-0.3, -0.25) is 0 Å². The number of hydrogen-bond donors (Lipinski definition) is 0. The molecule has 2 saturated heterocycles. The van der Waals surface area contributed by atoms with Crippen LogP contribution < -0.4 is 31.1 Å². The molecule has 0 amide bonds. The van der Waals surface area contributed by atoms with E-state index in [-0.39, 0.29) is 17.5 Å². The number of nitrogens with zero attached hydrogens (tertiary/aromatic N) is 4. The van der Waals surface area contributed by atoms with Crippen LogP contribution in [-0.4, -0.2) is 23.4 Å². The van der Waals surface area contributed by atoms with Crippen molar-refractivity contribution in [2.24, 2.45) is 11.8 Å². The van der Waals surface area contributed by atoms with E-state index in [1.165, 1.54) is 165 Å². The molecule has 6 aliphatic rings. The predicted molar refractivity (Wildman–Crippen MR) is 400 cm³/mol. The van der Waals surface area contributed by atoms with Crippen LogP contribution in [0.5, 0.6) is 0 Å². The summed E-state index contributed by atoms with van der Waals surface area (Å²) in [5.74, 6) is 1.66. The van der Waals surface area contributed by atoms with Crippen molar-refractivity contribution in [3.8, 4) is 61.3 Å². The summed E-state index contributed by atoms with van der Waals surface area (Å²) < 4.78 is 2.62. The van der Waals surface area contributed by atoms with Crippen LogP contribution in [0.1, 0.15) is 84.8 Å². The number of hydrogen-bond acceptors (Lipinski definition) is 3. The third kappa shape index (κ3) is 9.16. The molecule has 0 radical (unpaired) electrons. The highest BCUT2D eigenvalue weighted by molar-refractivity contribution is 7.00. The summed E-state index contributed by atoms with van der Waals surface area (Å²) in [6.45, 7) is 13.9. The molecule has 5 heterocycles. The molecule has 2 aliphatic carbocycles. The number of aromatic nitrogens is 1. The lowest BCUT2D eigenvalue weighted by Gasteiger charge is -2.57. The Balaban J connectivity index is 1.03. The van der Waals surface area contributed by atoms with Crippen molar-refractivity contribution in [2.45, 2.75) is 96.6 Å². The largest absolute Gasteiger partial charge is 0.365 e. The fourth-order valence-electron chi connectivity index (χ4n) is 17.7. The van der Waals surface area contributed by atoms with Crippen LogP contribution in [0.25, 0.3) is 83.1 Å². The van der Waals surface area contributed by atoms with Gasteiger partial charge in [0.1, 0.15) is 0 Å². The number of anilines is 7. The highest BCUT2D eigenvalue weighted by Gasteiger charge is 2.49. The van der Waals surface area contributed by atoms with Gasteiger partial charge in [-0.15, -0.1) is 0 Å². The molecule has 4 aliphatic heterocycles. The molecule has 0 atom stereocenters. The van der Waals surface area contributed by atoms with Crippen molar-refractivity contribution >= 4 is 84.7 Å². The smallest absolute Gasteiger partial charge is 0.252 e. The van der Waals surface area contributed by atoms with Crippen LogP contribution in [0.4, 0.5) is 39.8 Å². The zero-order valence-electron chi connectivity index (χ0n) is 54.7. The number of piperidine rings is 2. The lowest BCUT2D eigenvalue weighted by Crippen LogP contribution is -2.62. The van der Waals surface area contributed by atoms with Crippen molar-refractivity contribution in [3.05, 3.63) is 284 Å². The van der Waals surface area contributed by atoms with Crippen LogP contribution in [0, 0.1) is 11.8 Å². The first-order valence-corrected chi connectivity index (χ1v) is 34.3. The molecule has 4 fully saturated rings. The minimum absolute atomic E-state index is 0.0608. The van der Waals surface area contributed by atoms with E-state index in [2.05, 4.69) is 334 Å². The number of benzene rings is 12. The van der Waals surface area contributed by atoms with Crippen LogP contribution in [-0.2, 0) is 10.8 Å². The summed E-state index contributed by atoms with van der Waals surface area (Å²) in [5, 5.41) is 2.54. The molecule has 0 spiro atoms. The Morgan fingerprint density at radius 3 is 1.17 bits per heavy atom. The summed E-state index contributed by atoms with van der Waals surface area (Å²) in [6.07, 6.45) is 6.56. The summed E-state index contributed by atoms with van der Waals surface area (Å²) in [6, 6.07) is 106. The second-order valence-electron chi connectivity index (χ2n) is 29.7. The molecule has 5 heteroatoms. The molecule has 4 nitrogen and oxygen atoms in total. The Morgan fingerprint density at radius 2 is 0.734 bits per heavy atom. The third-order valence-corrected chi connectivity index (χ3v) is 21.9. The molecular formula is C89H77BN4. The Labute approximate surface area is 554 Å². The molecule has 0 unspecified atom stereocenters. The van der Waals surface area contributed by atoms with E-state index in [0.717, 1.165) is 28.9 Å². The van der Waals surface area contributed by atoms with Gasteiger partial charge in [-0.2, -0.15) is 0 Å². The lowest BCUT2D eigenvalue weighted by atomic mass is 9.33. The monoisotopic (exact) mass is 1210 g/mol. The molecule has 2 saturated carbocycles. The maximum absolute atomic E-state index is 2.91. The van der Waals surface area contributed by atoms with Crippen molar-refractivity contribution < 1.29 is 0 Å². The van der Waals surface area contributed by atoms with Crippen molar-refractivity contribution in [1.29, 1.82) is 0 Å². The van der Waals surface area contributed by atoms with Crippen LogP contribution in [0.2, 0.25) is 0 Å². The third-order valence-electron chi connectivity index (χ3n) is 21.9. The number of para-hydroxylation sites is 2. The van der Waals surface area contributed by atoms with Gasteiger partial charge in [0.2, 0.25) is 0 Å². The number of rotatable bonds is 9. The van der Waals surface area contributed by atoms with Crippen molar-refractivity contribution in [2.75, 3.05) is 14.7 Å². The van der Waals surface area contributed by atoms with Crippen LogP contribution in [0.15, 0.2) is 273 Å². The van der Waals surface area contributed by atoms with Gasteiger partial charge in [0.15, 0.2) is 0 Å². The molecule has 1 aromatic heterocycles. The fourth-order valence-corrected chi connectivity index (χ4v) is 17.7. The molecular weight excluding hydrogens is 1140 g/mol. The van der Waals surface area contributed by atoms with E-state index >= 15 is 0 Å². The second-order valence-corrected chi connectivity index (χ2v) is 29.7. The first-order valence-electron chi connectivity index (χ1n) is 34.3. The van der Waals surface area contributed by atoms with E-state index in [9.17, 15) is 0 Å². The van der Waals surface area contributed by atoms with E-state index in [0.29, 0.717) is 12.1 Å². The molecule has 94 heavy (non-hydrogen) atoms. The second kappa shape index (κ2) is 21.8. The summed E-state index contributed by atoms with van der Waals surface area (Å²) in [4.78, 5) is 8.39. The van der Waals surface area contributed by atoms with E-state index in [4.69, 9.17) is 0 Å². The maximum Gasteiger partial charge on any atom is 0.252 e. The summed E-state index contributed by atoms with van der Waals surface area (Å²) in [5.41, 5.74) is 30.1. The average molecular weight is 1210 g/mol. The van der Waals surface area contributed by atoms with Gasteiger partial charge in [-0.05, 0) is 170 Å². The SMILES string of the molecule is CC(C)(C)c1ccc2c(c1)c1cc(C(C)(C)C)ccc1n2-c1cc2c3c(c1)N(c1c(-c4ccccc4)cccc1-c1ccccc1)c1cc(N4C5CC6CC(C5)CC4C6)ccc1B3c1cc(-c3ccccc3)ccc1N2c1c(-c2ccccc2)cccc1-c1ccccc1. The normalized spacial score (nSPS) is 17.8. The topological polar surface area (TPSA) is 14.7 Å². The van der Waals surface area contributed by atoms with Gasteiger partial charge < -0.3 is 19.3 Å². The molecule has 13 aromatic rings. The van der Waals surface area contributed by atoms with Crippen LogP contribution >= 0.6 is 0 Å². The molecule has 4 bridgehead atoms. The van der Waals surface area contributed by atoms with E-state index in [1.54, 1.807) is 0 Å². The first kappa shape index (κ1) is 56.6. The molecule has 0 N–H and O–H groups in total. The van der Waals surface area contributed by atoms with Crippen molar-refractivity contribution in [1.82, 2.24) is 4.57 Å². The zero-order valence-corrected chi connectivity index (χ0v) is 54.7. The Bertz CT molecular complexity index is 4900. The van der Waals surface area contributed by atoms with E-state index < -0.39 is 0 Å². The highest BCUT2D eigenvalue weighted by atomic mass is 15.2. The van der Waals surface area contributed by atoms with Crippen molar-refractivity contribution in [3.63, 3.8) is 0 Å². The molecule has 19 rings (SSSR count). The standard InChI is InChI=1S/C89H77BN4/c1-88(2,3)65-39-44-79-75(52-65)76-53-66(89(4,5)6)40-45-80(76)92(79)70-55-83-85-84(56-70)94(87-73(62-30-18-10-19-31-62)36-23-37-74(87)63-32-20-11-21-33-63)82-54-67(91-68-47-57-46-58(49-68)50-69(91)48-57)41-42-77(82)90(85)78-51-64(59-24-12-7-13-25-59)38-43-81(78)93(83)86-71(60-26-14-8-15-27-60)34-22-35-72(86)61-28-16-9-17-29-61/h7-45,51-58,68-69H,46-50H2,1-6H3. The summed E-state index contributed by atoms with van der Waals surface area (Å²) >= 11 is 0. The Kier molecular flexibility index (Phi) is 13.1. The number of fused-ring (bicyclic) bond motifs is 7. The zero-order chi connectivity index (χ0) is 63.1. The fraction of sp³-hybridized carbons (Fsp3) is 0.191.